The summed E-state index contributed by atoms with van der Waals surface area (Å²) in [4.78, 5) is 33.5. The van der Waals surface area contributed by atoms with E-state index in [4.69, 9.17) is 0 Å². The van der Waals surface area contributed by atoms with Crippen molar-refractivity contribution in [2.24, 2.45) is 4.99 Å². The Labute approximate surface area is 139 Å². The molecule has 23 heavy (non-hydrogen) atoms. The van der Waals surface area contributed by atoms with Crippen molar-refractivity contribution in [3.05, 3.63) is 34.7 Å². The normalized spacial score (nSPS) is 24.3. The molecule has 0 bridgehead atoms. The number of likely N-dealkylation sites (N-methyl/N-ethyl adjacent to an activating group) is 1. The Hall–Kier alpha value is -2.08. The van der Waals surface area contributed by atoms with Crippen LogP contribution in [0.5, 0.6) is 0 Å². The van der Waals surface area contributed by atoms with E-state index in [1.54, 1.807) is 11.9 Å². The molecule has 4 rings (SSSR count). The topological polar surface area (TPSA) is 53.0 Å². The quantitative estimate of drug-likeness (QED) is 0.687. The molecule has 0 aliphatic carbocycles. The number of thioether (sulfide) groups is 1. The summed E-state index contributed by atoms with van der Waals surface area (Å²) < 4.78 is 0. The lowest BCUT2D eigenvalue weighted by atomic mass is 10.1. The highest BCUT2D eigenvalue weighted by atomic mass is 32.2. The highest BCUT2D eigenvalue weighted by Gasteiger charge is 2.38. The molecular formula is C17H17N3O2S. The minimum absolute atomic E-state index is 0.128. The van der Waals surface area contributed by atoms with Gasteiger partial charge in [0.15, 0.2) is 5.17 Å². The summed E-state index contributed by atoms with van der Waals surface area (Å²) in [6.07, 6.45) is 3.49. The molecule has 118 valence electrons. The van der Waals surface area contributed by atoms with Crippen molar-refractivity contribution in [3.8, 4) is 0 Å². The Morgan fingerprint density at radius 2 is 1.83 bits per heavy atom. The van der Waals surface area contributed by atoms with Crippen molar-refractivity contribution in [1.29, 1.82) is 0 Å². The lowest BCUT2D eigenvalue weighted by Crippen LogP contribution is -2.33. The Kier molecular flexibility index (Phi) is 3.49. The van der Waals surface area contributed by atoms with E-state index < -0.39 is 0 Å². The van der Waals surface area contributed by atoms with Crippen molar-refractivity contribution >= 4 is 40.0 Å². The van der Waals surface area contributed by atoms with Gasteiger partial charge < -0.3 is 9.80 Å². The molecule has 1 fully saturated rings. The first-order valence-electron chi connectivity index (χ1n) is 7.84. The first-order valence-corrected chi connectivity index (χ1v) is 8.66. The molecule has 1 saturated heterocycles. The van der Waals surface area contributed by atoms with E-state index >= 15 is 0 Å². The smallest absolute Gasteiger partial charge is 0.287 e. The van der Waals surface area contributed by atoms with Crippen molar-refractivity contribution in [2.75, 3.05) is 25.0 Å². The number of para-hydroxylation sites is 1. The van der Waals surface area contributed by atoms with Gasteiger partial charge in [0.25, 0.3) is 11.8 Å². The second-order valence-electron chi connectivity index (χ2n) is 5.93. The number of likely N-dealkylation sites (tertiary alicyclic amines) is 1. The third-order valence-electron chi connectivity index (χ3n) is 4.49. The Balaban J connectivity index is 1.72. The van der Waals surface area contributed by atoms with Crippen LogP contribution in [0.25, 0.3) is 5.57 Å². The largest absolute Gasteiger partial charge is 0.351 e. The van der Waals surface area contributed by atoms with E-state index in [1.807, 2.05) is 24.3 Å². The van der Waals surface area contributed by atoms with Crippen molar-refractivity contribution in [2.45, 2.75) is 19.3 Å². The van der Waals surface area contributed by atoms with E-state index in [0.29, 0.717) is 10.5 Å². The molecule has 1 aromatic rings. The molecular weight excluding hydrogens is 310 g/mol. The monoisotopic (exact) mass is 327 g/mol. The Morgan fingerprint density at radius 1 is 1.09 bits per heavy atom. The Bertz CT molecular complexity index is 763. The predicted molar refractivity (Wildman–Crippen MR) is 92.2 cm³/mol. The maximum atomic E-state index is 12.6. The van der Waals surface area contributed by atoms with Crippen LogP contribution < -0.4 is 4.90 Å². The number of carbonyl (C=O) groups is 2. The van der Waals surface area contributed by atoms with Crippen LogP contribution >= 0.6 is 11.8 Å². The summed E-state index contributed by atoms with van der Waals surface area (Å²) in [5.41, 5.74) is 2.17. The minimum atomic E-state index is -0.288. The Morgan fingerprint density at radius 3 is 2.61 bits per heavy atom. The minimum Gasteiger partial charge on any atom is -0.351 e. The number of rotatable bonds is 0. The number of hydrogen-bond acceptors (Lipinski definition) is 4. The summed E-state index contributed by atoms with van der Waals surface area (Å²) in [7, 11) is 1.74. The molecule has 0 atom stereocenters. The van der Waals surface area contributed by atoms with Crippen LogP contribution in [0.2, 0.25) is 0 Å². The van der Waals surface area contributed by atoms with Gasteiger partial charge in [-0.05, 0) is 37.1 Å². The summed E-state index contributed by atoms with van der Waals surface area (Å²) in [6, 6.07) is 7.58. The van der Waals surface area contributed by atoms with Gasteiger partial charge in [-0.25, -0.2) is 0 Å². The summed E-state index contributed by atoms with van der Waals surface area (Å²) in [5.74, 6) is -0.416. The summed E-state index contributed by atoms with van der Waals surface area (Å²) in [5, 5.41) is 0.747. The molecule has 0 spiro atoms. The van der Waals surface area contributed by atoms with Crippen LogP contribution in [-0.2, 0) is 9.59 Å². The van der Waals surface area contributed by atoms with Crippen LogP contribution in [0.1, 0.15) is 24.8 Å². The molecule has 3 aliphatic heterocycles. The average Bonchev–Trinajstić information content (AvgIpc) is 3.08. The number of anilines is 1. The standard InChI is InChI=1S/C17H17N3O2S/c1-19-12-8-4-3-7-11(12)13(16(19)22)14-15(21)18-17(23-14)20-9-5-2-6-10-20/h3-4,7-8H,2,5-6,9-10H2,1H3. The van der Waals surface area contributed by atoms with Crippen LogP contribution in [0, 0.1) is 0 Å². The molecule has 0 N–H and O–H groups in total. The average molecular weight is 327 g/mol. The zero-order chi connectivity index (χ0) is 16.0. The number of amides is 2. The van der Waals surface area contributed by atoms with Gasteiger partial charge in [0.05, 0.1) is 16.2 Å². The zero-order valence-electron chi connectivity index (χ0n) is 12.9. The van der Waals surface area contributed by atoms with Gasteiger partial charge in [0.2, 0.25) is 0 Å². The fourth-order valence-corrected chi connectivity index (χ4v) is 4.32. The number of fused-ring (bicyclic) bond motifs is 1. The van der Waals surface area contributed by atoms with Gasteiger partial charge in [0, 0.05) is 25.7 Å². The number of benzene rings is 1. The highest BCUT2D eigenvalue weighted by molar-refractivity contribution is 8.18. The molecule has 3 aliphatic rings. The van der Waals surface area contributed by atoms with Crippen LogP contribution in [0.15, 0.2) is 34.2 Å². The molecule has 5 nitrogen and oxygen atoms in total. The van der Waals surface area contributed by atoms with Crippen LogP contribution in [0.4, 0.5) is 5.69 Å². The fraction of sp³-hybridized carbons (Fsp3) is 0.353. The van der Waals surface area contributed by atoms with Crippen molar-refractivity contribution in [3.63, 3.8) is 0 Å². The number of amidine groups is 1. The summed E-state index contributed by atoms with van der Waals surface area (Å²) >= 11 is 1.35. The molecule has 2 amide bonds. The second kappa shape index (κ2) is 5.53. The maximum absolute atomic E-state index is 12.6. The zero-order valence-corrected chi connectivity index (χ0v) is 13.7. The SMILES string of the molecule is CN1C(=O)C(=C2SC(N3CCCCC3)=NC2=O)c2ccccc21. The summed E-state index contributed by atoms with van der Waals surface area (Å²) in [6.45, 7) is 1.87. The molecule has 6 heteroatoms. The predicted octanol–water partition coefficient (Wildman–Crippen LogP) is 2.49. The number of nitrogens with zero attached hydrogens (tertiary/aromatic N) is 3. The van der Waals surface area contributed by atoms with Gasteiger partial charge in [-0.1, -0.05) is 18.2 Å². The maximum Gasteiger partial charge on any atom is 0.287 e. The van der Waals surface area contributed by atoms with Gasteiger partial charge in [-0.15, -0.1) is 0 Å². The van der Waals surface area contributed by atoms with E-state index in [-0.39, 0.29) is 11.8 Å². The second-order valence-corrected chi connectivity index (χ2v) is 6.91. The fourth-order valence-electron chi connectivity index (χ4n) is 3.26. The van der Waals surface area contributed by atoms with Crippen molar-refractivity contribution in [1.82, 2.24) is 4.90 Å². The van der Waals surface area contributed by atoms with Gasteiger partial charge >= 0.3 is 0 Å². The van der Waals surface area contributed by atoms with E-state index in [9.17, 15) is 9.59 Å². The lowest BCUT2D eigenvalue weighted by Gasteiger charge is -2.27. The van der Waals surface area contributed by atoms with E-state index in [2.05, 4.69) is 9.89 Å². The third kappa shape index (κ3) is 2.28. The van der Waals surface area contributed by atoms with Gasteiger partial charge in [-0.3, -0.25) is 9.59 Å². The van der Waals surface area contributed by atoms with Crippen LogP contribution in [-0.4, -0.2) is 42.0 Å². The number of piperidine rings is 1. The highest BCUT2D eigenvalue weighted by Crippen LogP contribution is 2.43. The first-order chi connectivity index (χ1) is 11.2. The molecule has 0 aromatic heterocycles. The first kappa shape index (κ1) is 14.5. The molecule has 0 unspecified atom stereocenters. The molecule has 0 saturated carbocycles. The van der Waals surface area contributed by atoms with Crippen molar-refractivity contribution < 1.29 is 9.59 Å². The number of aliphatic imine (C=N–C) groups is 1. The van der Waals surface area contributed by atoms with Crippen LogP contribution in [0.3, 0.4) is 0 Å². The van der Waals surface area contributed by atoms with Gasteiger partial charge in [0.1, 0.15) is 0 Å². The van der Waals surface area contributed by atoms with E-state index in [1.165, 1.54) is 18.2 Å². The van der Waals surface area contributed by atoms with Gasteiger partial charge in [-0.2, -0.15) is 4.99 Å². The number of hydrogen-bond donors (Lipinski definition) is 0. The molecule has 0 radical (unpaired) electrons. The molecule has 1 aromatic carbocycles. The molecule has 3 heterocycles. The number of carbonyl (C=O) groups excluding carboxylic acids is 2. The van der Waals surface area contributed by atoms with E-state index in [0.717, 1.165) is 42.3 Å². The third-order valence-corrected chi connectivity index (χ3v) is 5.61. The lowest BCUT2D eigenvalue weighted by molar-refractivity contribution is -0.115.